The second kappa shape index (κ2) is 4.94. The van der Waals surface area contributed by atoms with Gasteiger partial charge in [-0.15, -0.1) is 0 Å². The lowest BCUT2D eigenvalue weighted by atomic mass is 9.76. The molecule has 0 atom stereocenters. The van der Waals surface area contributed by atoms with Crippen LogP contribution < -0.4 is 5.32 Å². The Kier molecular flexibility index (Phi) is 3.15. The van der Waals surface area contributed by atoms with Gasteiger partial charge in [-0.05, 0) is 31.2 Å². The summed E-state index contributed by atoms with van der Waals surface area (Å²) in [6, 6.07) is 11.5. The maximum atomic E-state index is 4.04. The summed E-state index contributed by atoms with van der Waals surface area (Å²) in [5.74, 6) is 0.745. The molecule has 0 bridgehead atoms. The van der Waals surface area contributed by atoms with E-state index in [1.54, 1.807) is 0 Å². The summed E-state index contributed by atoms with van der Waals surface area (Å²) in [5.41, 5.74) is 3.93. The van der Waals surface area contributed by atoms with E-state index >= 15 is 0 Å². The Balaban J connectivity index is 1.47. The van der Waals surface area contributed by atoms with Crippen molar-refractivity contribution in [3.8, 4) is 0 Å². The molecule has 0 unspecified atom stereocenters. The number of H-pyrrole nitrogens is 1. The summed E-state index contributed by atoms with van der Waals surface area (Å²) < 4.78 is 0. The first-order valence-corrected chi connectivity index (χ1v) is 6.60. The minimum Gasteiger partial charge on any atom is -0.310 e. The van der Waals surface area contributed by atoms with Gasteiger partial charge in [-0.3, -0.25) is 5.10 Å². The van der Waals surface area contributed by atoms with Crippen molar-refractivity contribution in [3.63, 3.8) is 0 Å². The Hall–Kier alpha value is -1.61. The van der Waals surface area contributed by atoms with Crippen molar-refractivity contribution in [1.29, 1.82) is 0 Å². The molecule has 1 saturated carbocycles. The lowest BCUT2D eigenvalue weighted by Crippen LogP contribution is -2.39. The molecular formula is C15H19N3. The number of aryl methyl sites for hydroxylation is 1. The number of rotatable bonds is 4. The van der Waals surface area contributed by atoms with Gasteiger partial charge in [-0.25, -0.2) is 0 Å². The Labute approximate surface area is 108 Å². The predicted molar refractivity (Wildman–Crippen MR) is 72.4 cm³/mol. The highest BCUT2D eigenvalue weighted by Crippen LogP contribution is 2.36. The van der Waals surface area contributed by atoms with Crippen LogP contribution in [0, 0.1) is 6.92 Å². The Morgan fingerprint density at radius 2 is 2.06 bits per heavy atom. The molecule has 3 heteroatoms. The Morgan fingerprint density at radius 1 is 1.28 bits per heavy atom. The van der Waals surface area contributed by atoms with Gasteiger partial charge in [0.05, 0.1) is 6.20 Å². The van der Waals surface area contributed by atoms with E-state index in [1.165, 1.54) is 29.7 Å². The van der Waals surface area contributed by atoms with Gasteiger partial charge in [0.25, 0.3) is 0 Å². The second-order valence-electron chi connectivity index (χ2n) is 5.18. The highest BCUT2D eigenvalue weighted by molar-refractivity contribution is 5.23. The fourth-order valence-corrected chi connectivity index (χ4v) is 2.59. The largest absolute Gasteiger partial charge is 0.310 e. The van der Waals surface area contributed by atoms with E-state index in [-0.39, 0.29) is 0 Å². The van der Waals surface area contributed by atoms with Crippen LogP contribution in [0.4, 0.5) is 0 Å². The molecule has 94 valence electrons. The predicted octanol–water partition coefficient (Wildman–Crippen LogP) is 2.75. The third-order valence-corrected chi connectivity index (χ3v) is 3.92. The van der Waals surface area contributed by atoms with E-state index in [1.807, 2.05) is 6.20 Å². The molecule has 1 heterocycles. The lowest BCUT2D eigenvalue weighted by Gasteiger charge is -2.36. The summed E-state index contributed by atoms with van der Waals surface area (Å²) in [6.07, 6.45) is 4.41. The molecular weight excluding hydrogens is 222 g/mol. The van der Waals surface area contributed by atoms with Gasteiger partial charge >= 0.3 is 0 Å². The van der Waals surface area contributed by atoms with Gasteiger partial charge in [-0.1, -0.05) is 30.3 Å². The van der Waals surface area contributed by atoms with Crippen LogP contribution >= 0.6 is 0 Å². The van der Waals surface area contributed by atoms with Crippen LogP contribution in [0.1, 0.15) is 35.6 Å². The summed E-state index contributed by atoms with van der Waals surface area (Å²) in [5, 5.41) is 10.6. The maximum absolute atomic E-state index is 4.04. The summed E-state index contributed by atoms with van der Waals surface area (Å²) in [4.78, 5) is 0. The molecule has 1 aromatic carbocycles. The van der Waals surface area contributed by atoms with Crippen LogP contribution in [0.25, 0.3) is 0 Å². The molecule has 3 rings (SSSR count). The van der Waals surface area contributed by atoms with Gasteiger partial charge in [0, 0.05) is 23.8 Å². The number of hydrogen-bond acceptors (Lipinski definition) is 2. The van der Waals surface area contributed by atoms with Gasteiger partial charge in [-0.2, -0.15) is 5.10 Å². The molecule has 1 aliphatic rings. The SMILES string of the molecule is Cc1[nH]ncc1CNC1CC(c2ccccc2)C1. The molecule has 18 heavy (non-hydrogen) atoms. The second-order valence-corrected chi connectivity index (χ2v) is 5.18. The van der Waals surface area contributed by atoms with Crippen LogP contribution in [-0.4, -0.2) is 16.2 Å². The maximum Gasteiger partial charge on any atom is 0.0535 e. The van der Waals surface area contributed by atoms with E-state index < -0.39 is 0 Å². The van der Waals surface area contributed by atoms with Crippen LogP contribution in [0.3, 0.4) is 0 Å². The average molecular weight is 241 g/mol. The van der Waals surface area contributed by atoms with Gasteiger partial charge < -0.3 is 5.32 Å². The van der Waals surface area contributed by atoms with E-state index in [4.69, 9.17) is 0 Å². The van der Waals surface area contributed by atoms with E-state index in [9.17, 15) is 0 Å². The summed E-state index contributed by atoms with van der Waals surface area (Å²) in [7, 11) is 0. The summed E-state index contributed by atoms with van der Waals surface area (Å²) >= 11 is 0. The fourth-order valence-electron chi connectivity index (χ4n) is 2.59. The molecule has 0 radical (unpaired) electrons. The Bertz CT molecular complexity index is 497. The van der Waals surface area contributed by atoms with Crippen molar-refractivity contribution in [2.75, 3.05) is 0 Å². The van der Waals surface area contributed by atoms with Crippen molar-refractivity contribution in [2.24, 2.45) is 0 Å². The number of nitrogens with one attached hydrogen (secondary N) is 2. The molecule has 2 N–H and O–H groups in total. The lowest BCUT2D eigenvalue weighted by molar-refractivity contribution is 0.289. The molecule has 1 fully saturated rings. The van der Waals surface area contributed by atoms with Crippen molar-refractivity contribution in [2.45, 2.75) is 38.3 Å². The zero-order valence-electron chi connectivity index (χ0n) is 10.7. The zero-order valence-corrected chi connectivity index (χ0v) is 10.7. The van der Waals surface area contributed by atoms with Crippen molar-refractivity contribution in [1.82, 2.24) is 15.5 Å². The fraction of sp³-hybridized carbons (Fsp3) is 0.400. The first kappa shape index (κ1) is 11.5. The third kappa shape index (κ3) is 2.31. The highest BCUT2D eigenvalue weighted by atomic mass is 15.1. The van der Waals surface area contributed by atoms with E-state index in [0.29, 0.717) is 6.04 Å². The van der Waals surface area contributed by atoms with Gasteiger partial charge in [0.2, 0.25) is 0 Å². The minimum atomic E-state index is 0.657. The van der Waals surface area contributed by atoms with E-state index in [2.05, 4.69) is 52.8 Å². The van der Waals surface area contributed by atoms with Crippen LogP contribution in [-0.2, 0) is 6.54 Å². The molecule has 0 saturated heterocycles. The zero-order chi connectivity index (χ0) is 12.4. The highest BCUT2D eigenvalue weighted by Gasteiger charge is 2.29. The van der Waals surface area contributed by atoms with Crippen LogP contribution in [0.2, 0.25) is 0 Å². The molecule has 1 aromatic heterocycles. The van der Waals surface area contributed by atoms with E-state index in [0.717, 1.165) is 12.5 Å². The standard InChI is InChI=1S/C15H19N3/c1-11-14(10-17-18-11)9-16-15-7-13(8-15)12-5-3-2-4-6-12/h2-6,10,13,15-16H,7-9H2,1H3,(H,17,18). The van der Waals surface area contributed by atoms with Gasteiger partial charge in [0.15, 0.2) is 0 Å². The van der Waals surface area contributed by atoms with Crippen molar-refractivity contribution in [3.05, 3.63) is 53.3 Å². The average Bonchev–Trinajstić information content (AvgIpc) is 2.74. The number of benzene rings is 1. The smallest absolute Gasteiger partial charge is 0.0535 e. The molecule has 2 aromatic rings. The molecule has 3 nitrogen and oxygen atoms in total. The van der Waals surface area contributed by atoms with Crippen LogP contribution in [0.15, 0.2) is 36.5 Å². The molecule has 0 aliphatic heterocycles. The summed E-state index contributed by atoms with van der Waals surface area (Å²) in [6.45, 7) is 2.99. The van der Waals surface area contributed by atoms with Crippen molar-refractivity contribution < 1.29 is 0 Å². The molecule has 1 aliphatic carbocycles. The third-order valence-electron chi connectivity index (χ3n) is 3.92. The molecule has 0 spiro atoms. The number of hydrogen-bond donors (Lipinski definition) is 2. The number of aromatic amines is 1. The minimum absolute atomic E-state index is 0.657. The number of aromatic nitrogens is 2. The van der Waals surface area contributed by atoms with Crippen molar-refractivity contribution >= 4 is 0 Å². The molecule has 0 amide bonds. The Morgan fingerprint density at radius 3 is 2.72 bits per heavy atom. The van der Waals surface area contributed by atoms with Crippen LogP contribution in [0.5, 0.6) is 0 Å². The first-order valence-electron chi connectivity index (χ1n) is 6.60. The number of nitrogens with zero attached hydrogens (tertiary/aromatic N) is 1. The monoisotopic (exact) mass is 241 g/mol. The quantitative estimate of drug-likeness (QED) is 0.864. The normalized spacial score (nSPS) is 22.7. The first-order chi connectivity index (χ1) is 8.83. The topological polar surface area (TPSA) is 40.7 Å². The van der Waals surface area contributed by atoms with Gasteiger partial charge in [0.1, 0.15) is 0 Å².